The number of anilines is 1. The van der Waals surface area contributed by atoms with Crippen LogP contribution in [0.2, 0.25) is 0 Å². The van der Waals surface area contributed by atoms with Crippen LogP contribution >= 0.6 is 11.8 Å². The van der Waals surface area contributed by atoms with Crippen LogP contribution in [0, 0.1) is 11.6 Å². The van der Waals surface area contributed by atoms with Crippen LogP contribution in [-0.4, -0.2) is 28.5 Å². The average Bonchev–Trinajstić information content (AvgIpc) is 3.16. The Morgan fingerprint density at radius 3 is 2.50 bits per heavy atom. The van der Waals surface area contributed by atoms with Crippen molar-refractivity contribution in [2.24, 2.45) is 0 Å². The molecule has 0 aliphatic carbocycles. The predicted molar refractivity (Wildman–Crippen MR) is 142 cm³/mol. The molecule has 9 heteroatoms. The molecule has 0 spiro atoms. The van der Waals surface area contributed by atoms with E-state index >= 15 is 0 Å². The van der Waals surface area contributed by atoms with Crippen LogP contribution in [0.3, 0.4) is 0 Å². The number of benzene rings is 4. The standard InChI is InChI=1S/C29H20F2N2O4S/c30-20-11-8-18(9-12-20)17-37-25-13-10-19-4-1-2-7-23(19)24(25)15-26-28(35)33(29(36)38-26)16-27(34)32-22-6-3-5-21(31)14-22/h1-15H,16-17H2,(H,32,34)/b26-15+. The number of amides is 3. The maximum Gasteiger partial charge on any atom is 0.294 e. The molecular weight excluding hydrogens is 510 g/mol. The number of halogens is 2. The third kappa shape index (κ3) is 5.57. The molecule has 5 rings (SSSR count). The average molecular weight is 531 g/mol. The zero-order chi connectivity index (χ0) is 26.6. The van der Waals surface area contributed by atoms with E-state index in [0.717, 1.165) is 39.1 Å². The molecule has 0 aromatic heterocycles. The summed E-state index contributed by atoms with van der Waals surface area (Å²) in [6, 6.07) is 22.4. The quantitative estimate of drug-likeness (QED) is 0.281. The van der Waals surface area contributed by atoms with Crippen molar-refractivity contribution < 1.29 is 27.9 Å². The van der Waals surface area contributed by atoms with E-state index in [4.69, 9.17) is 4.74 Å². The largest absolute Gasteiger partial charge is 0.488 e. The van der Waals surface area contributed by atoms with E-state index in [-0.39, 0.29) is 23.0 Å². The number of hydrogen-bond acceptors (Lipinski definition) is 5. The molecule has 0 unspecified atom stereocenters. The Morgan fingerprint density at radius 1 is 0.921 bits per heavy atom. The molecule has 1 N–H and O–H groups in total. The monoisotopic (exact) mass is 530 g/mol. The van der Waals surface area contributed by atoms with Crippen LogP contribution in [0.1, 0.15) is 11.1 Å². The van der Waals surface area contributed by atoms with E-state index in [1.165, 1.54) is 30.3 Å². The maximum atomic E-state index is 13.4. The summed E-state index contributed by atoms with van der Waals surface area (Å²) < 4.78 is 32.7. The molecule has 4 aromatic rings. The number of carbonyl (C=O) groups excluding carboxylic acids is 3. The number of fused-ring (bicyclic) bond motifs is 1. The summed E-state index contributed by atoms with van der Waals surface area (Å²) in [4.78, 5) is 39.2. The number of hydrogen-bond donors (Lipinski definition) is 1. The van der Waals surface area contributed by atoms with Gasteiger partial charge in [0, 0.05) is 11.3 Å². The zero-order valence-electron chi connectivity index (χ0n) is 19.8. The number of imide groups is 1. The van der Waals surface area contributed by atoms with Gasteiger partial charge in [0.1, 0.15) is 30.5 Å². The molecule has 0 bridgehead atoms. The first-order valence-corrected chi connectivity index (χ1v) is 12.4. The lowest BCUT2D eigenvalue weighted by molar-refractivity contribution is -0.127. The van der Waals surface area contributed by atoms with E-state index in [1.54, 1.807) is 24.3 Å². The van der Waals surface area contributed by atoms with Crippen molar-refractivity contribution in [3.05, 3.63) is 113 Å². The van der Waals surface area contributed by atoms with E-state index in [9.17, 15) is 23.2 Å². The summed E-state index contributed by atoms with van der Waals surface area (Å²) in [6.45, 7) is -0.344. The van der Waals surface area contributed by atoms with Gasteiger partial charge in [0.25, 0.3) is 11.1 Å². The first-order valence-electron chi connectivity index (χ1n) is 11.6. The van der Waals surface area contributed by atoms with Crippen molar-refractivity contribution in [2.75, 3.05) is 11.9 Å². The molecule has 1 saturated heterocycles. The highest BCUT2D eigenvalue weighted by atomic mass is 32.2. The molecule has 38 heavy (non-hydrogen) atoms. The summed E-state index contributed by atoms with van der Waals surface area (Å²) >= 11 is 0.722. The van der Waals surface area contributed by atoms with Gasteiger partial charge < -0.3 is 10.1 Å². The lowest BCUT2D eigenvalue weighted by Crippen LogP contribution is -2.36. The molecule has 6 nitrogen and oxygen atoms in total. The highest BCUT2D eigenvalue weighted by Crippen LogP contribution is 2.37. The number of rotatable bonds is 7. The number of carbonyl (C=O) groups is 3. The Hall–Kier alpha value is -4.50. The first kappa shape index (κ1) is 25.2. The van der Waals surface area contributed by atoms with E-state index < -0.39 is 29.4 Å². The molecule has 1 aliphatic rings. The molecule has 1 aliphatic heterocycles. The summed E-state index contributed by atoms with van der Waals surface area (Å²) in [5.41, 5.74) is 1.58. The van der Waals surface area contributed by atoms with E-state index in [0.29, 0.717) is 11.3 Å². The van der Waals surface area contributed by atoms with Gasteiger partial charge in [-0.25, -0.2) is 8.78 Å². The molecule has 4 aromatic carbocycles. The highest BCUT2D eigenvalue weighted by Gasteiger charge is 2.36. The fourth-order valence-corrected chi connectivity index (χ4v) is 4.79. The molecule has 1 heterocycles. The molecule has 190 valence electrons. The molecule has 3 amide bonds. The SMILES string of the molecule is O=C(CN1C(=O)S/C(=C/c2c(OCc3ccc(F)cc3)ccc3ccccc23)C1=O)Nc1cccc(F)c1. The summed E-state index contributed by atoms with van der Waals surface area (Å²) in [7, 11) is 0. The van der Waals surface area contributed by atoms with Crippen LogP contribution < -0.4 is 10.1 Å². The second kappa shape index (κ2) is 10.9. The van der Waals surface area contributed by atoms with Crippen molar-refractivity contribution in [2.45, 2.75) is 6.61 Å². The molecule has 0 radical (unpaired) electrons. The Balaban J connectivity index is 1.39. The van der Waals surface area contributed by atoms with Gasteiger partial charge in [-0.05, 0) is 70.6 Å². The Labute approximate surface area is 220 Å². The Morgan fingerprint density at radius 2 is 1.71 bits per heavy atom. The second-order valence-electron chi connectivity index (χ2n) is 8.44. The van der Waals surface area contributed by atoms with Crippen molar-refractivity contribution in [1.29, 1.82) is 0 Å². The lowest BCUT2D eigenvalue weighted by Gasteiger charge is -2.13. The van der Waals surface area contributed by atoms with Gasteiger partial charge in [0.15, 0.2) is 0 Å². The number of thioether (sulfide) groups is 1. The third-order valence-corrected chi connectivity index (χ3v) is 6.70. The molecular formula is C29H20F2N2O4S. The predicted octanol–water partition coefficient (Wildman–Crippen LogP) is 6.37. The van der Waals surface area contributed by atoms with Gasteiger partial charge in [-0.1, -0.05) is 48.5 Å². The minimum absolute atomic E-state index is 0.136. The van der Waals surface area contributed by atoms with Crippen LogP contribution in [0.25, 0.3) is 16.8 Å². The second-order valence-corrected chi connectivity index (χ2v) is 9.43. The number of nitrogens with zero attached hydrogens (tertiary/aromatic N) is 1. The normalized spacial score (nSPS) is 14.4. The minimum Gasteiger partial charge on any atom is -0.488 e. The Bertz CT molecular complexity index is 1590. The number of ether oxygens (including phenoxy) is 1. The highest BCUT2D eigenvalue weighted by molar-refractivity contribution is 8.18. The summed E-state index contributed by atoms with van der Waals surface area (Å²) in [5, 5.41) is 3.60. The van der Waals surface area contributed by atoms with Crippen molar-refractivity contribution in [1.82, 2.24) is 4.90 Å². The summed E-state index contributed by atoms with van der Waals surface area (Å²) in [6.07, 6.45) is 1.58. The van der Waals surface area contributed by atoms with Gasteiger partial charge in [0.2, 0.25) is 5.91 Å². The third-order valence-electron chi connectivity index (χ3n) is 5.80. The van der Waals surface area contributed by atoms with Crippen molar-refractivity contribution in [3.63, 3.8) is 0 Å². The van der Waals surface area contributed by atoms with Crippen LogP contribution in [0.5, 0.6) is 5.75 Å². The topological polar surface area (TPSA) is 75.7 Å². The lowest BCUT2D eigenvalue weighted by atomic mass is 10.0. The number of nitrogens with one attached hydrogen (secondary N) is 1. The molecule has 1 fully saturated rings. The van der Waals surface area contributed by atoms with Gasteiger partial charge in [0.05, 0.1) is 4.91 Å². The smallest absolute Gasteiger partial charge is 0.294 e. The fraction of sp³-hybridized carbons (Fsp3) is 0.0690. The minimum atomic E-state index is -0.632. The van der Waals surface area contributed by atoms with E-state index in [2.05, 4.69) is 5.32 Å². The van der Waals surface area contributed by atoms with Crippen molar-refractivity contribution >= 4 is 51.4 Å². The van der Waals surface area contributed by atoms with Gasteiger partial charge in [-0.15, -0.1) is 0 Å². The molecule has 0 atom stereocenters. The summed E-state index contributed by atoms with van der Waals surface area (Å²) in [5.74, 6) is -1.65. The van der Waals surface area contributed by atoms with Gasteiger partial charge in [-0.2, -0.15) is 0 Å². The van der Waals surface area contributed by atoms with Crippen LogP contribution in [-0.2, 0) is 16.2 Å². The maximum absolute atomic E-state index is 13.4. The first-order chi connectivity index (χ1) is 18.4. The van der Waals surface area contributed by atoms with Gasteiger partial charge in [-0.3, -0.25) is 19.3 Å². The van der Waals surface area contributed by atoms with Crippen molar-refractivity contribution in [3.8, 4) is 5.75 Å². The van der Waals surface area contributed by atoms with Crippen LogP contribution in [0.15, 0.2) is 89.8 Å². The molecule has 0 saturated carbocycles. The van der Waals surface area contributed by atoms with Gasteiger partial charge >= 0.3 is 0 Å². The Kier molecular flexibility index (Phi) is 7.19. The fourth-order valence-electron chi connectivity index (χ4n) is 3.97. The van der Waals surface area contributed by atoms with Crippen LogP contribution in [0.4, 0.5) is 19.3 Å². The zero-order valence-corrected chi connectivity index (χ0v) is 20.6. The van der Waals surface area contributed by atoms with E-state index in [1.807, 2.05) is 30.3 Å².